The smallest absolute Gasteiger partial charge is 0.305 e. The minimum Gasteiger partial charge on any atom is -0.481 e. The molecule has 0 bridgehead atoms. The molecule has 0 heterocycles. The lowest BCUT2D eigenvalue weighted by molar-refractivity contribution is -0.141. The average molecular weight is 545 g/mol. The third-order valence-electron chi connectivity index (χ3n) is 6.50. The number of carboxylic acid groups (broad SMARTS) is 2. The van der Waals surface area contributed by atoms with Crippen molar-refractivity contribution in [3.63, 3.8) is 0 Å². The molecule has 8 nitrogen and oxygen atoms in total. The first-order chi connectivity index (χ1) is 18.3. The van der Waals surface area contributed by atoms with Crippen molar-refractivity contribution in [2.24, 2.45) is 0 Å². The van der Waals surface area contributed by atoms with Crippen molar-refractivity contribution in [1.82, 2.24) is 0 Å². The summed E-state index contributed by atoms with van der Waals surface area (Å²) in [4.78, 5) is 42.3. The monoisotopic (exact) mass is 544 g/mol. The van der Waals surface area contributed by atoms with Crippen LogP contribution in [0.4, 0.5) is 0 Å². The van der Waals surface area contributed by atoms with E-state index in [-0.39, 0.29) is 11.9 Å². The van der Waals surface area contributed by atoms with Gasteiger partial charge in [-0.2, -0.15) is 0 Å². The third kappa shape index (κ3) is 36.0. The van der Waals surface area contributed by atoms with E-state index in [1.54, 1.807) is 0 Å². The number of unbranched alkanes of at least 4 members (excludes halogenated alkanes) is 18. The van der Waals surface area contributed by atoms with Gasteiger partial charge in [0.05, 0.1) is 14.2 Å². The van der Waals surface area contributed by atoms with Crippen molar-refractivity contribution in [1.29, 1.82) is 0 Å². The van der Waals surface area contributed by atoms with Crippen LogP contribution in [0.25, 0.3) is 0 Å². The van der Waals surface area contributed by atoms with Crippen LogP contribution in [-0.4, -0.2) is 48.3 Å². The average Bonchev–Trinajstić information content (AvgIpc) is 2.89. The van der Waals surface area contributed by atoms with Gasteiger partial charge in [0, 0.05) is 25.7 Å². The van der Waals surface area contributed by atoms with E-state index in [0.29, 0.717) is 25.7 Å². The molecule has 8 heteroatoms. The summed E-state index contributed by atoms with van der Waals surface area (Å²) in [5.74, 6) is -1.60. The molecule has 0 aromatic carbocycles. The van der Waals surface area contributed by atoms with Crippen molar-refractivity contribution < 1.29 is 38.9 Å². The van der Waals surface area contributed by atoms with E-state index >= 15 is 0 Å². The largest absolute Gasteiger partial charge is 0.481 e. The zero-order valence-electron chi connectivity index (χ0n) is 24.3. The number of esters is 2. The number of hydrogen-bond acceptors (Lipinski definition) is 6. The highest BCUT2D eigenvalue weighted by Gasteiger charge is 2.01. The summed E-state index contributed by atoms with van der Waals surface area (Å²) in [6.45, 7) is 0. The first kappa shape index (κ1) is 38.0. The van der Waals surface area contributed by atoms with E-state index in [0.717, 1.165) is 64.2 Å². The molecule has 0 saturated heterocycles. The number of methoxy groups -OCH3 is 2. The summed E-state index contributed by atoms with van der Waals surface area (Å²) in [6, 6.07) is 0. The van der Waals surface area contributed by atoms with Crippen LogP contribution in [0.3, 0.4) is 0 Å². The zero-order valence-corrected chi connectivity index (χ0v) is 24.3. The Morgan fingerprint density at radius 2 is 0.553 bits per heavy atom. The van der Waals surface area contributed by atoms with E-state index < -0.39 is 11.9 Å². The number of hydrogen-bond donors (Lipinski definition) is 2. The van der Waals surface area contributed by atoms with E-state index in [1.165, 1.54) is 78.4 Å². The second-order valence-corrected chi connectivity index (χ2v) is 10.0. The first-order valence-corrected chi connectivity index (χ1v) is 14.9. The molecular weight excluding hydrogens is 488 g/mol. The predicted molar refractivity (Wildman–Crippen MR) is 150 cm³/mol. The fourth-order valence-electron chi connectivity index (χ4n) is 4.12. The number of rotatable bonds is 26. The second-order valence-electron chi connectivity index (χ2n) is 10.0. The Balaban J connectivity index is 0. The molecule has 224 valence electrons. The van der Waals surface area contributed by atoms with Crippen LogP contribution < -0.4 is 0 Å². The molecule has 0 saturated carbocycles. The minimum absolute atomic E-state index is 0.100. The van der Waals surface area contributed by atoms with Gasteiger partial charge in [-0.15, -0.1) is 0 Å². The van der Waals surface area contributed by atoms with Gasteiger partial charge in [-0.3, -0.25) is 19.2 Å². The minimum atomic E-state index is -0.698. The van der Waals surface area contributed by atoms with Gasteiger partial charge in [-0.1, -0.05) is 103 Å². The predicted octanol–water partition coefficient (Wildman–Crippen LogP) is 7.85. The fraction of sp³-hybridized carbons (Fsp3) is 0.867. The molecule has 0 aromatic rings. The summed E-state index contributed by atoms with van der Waals surface area (Å²) >= 11 is 0. The number of carboxylic acids is 2. The van der Waals surface area contributed by atoms with Gasteiger partial charge >= 0.3 is 23.9 Å². The summed E-state index contributed by atoms with van der Waals surface area (Å²) in [7, 11) is 2.88. The standard InChI is InChI=1S/C16H30O4.C14H26O4/c1-19-15(17)13-11-9-7-5-3-4-6-8-10-12-14-16(18)20-2;15-13(16)11-9-7-5-3-1-2-4-6-8-10-12-14(17)18/h3-14H2,1-2H3;1-12H2,(H,15,16)(H,17,18). The van der Waals surface area contributed by atoms with E-state index in [2.05, 4.69) is 9.47 Å². The van der Waals surface area contributed by atoms with Gasteiger partial charge in [-0.05, 0) is 25.7 Å². The summed E-state index contributed by atoms with van der Waals surface area (Å²) in [6.07, 6.45) is 24.0. The van der Waals surface area contributed by atoms with Crippen LogP contribution in [-0.2, 0) is 28.7 Å². The normalized spacial score (nSPS) is 10.4. The summed E-state index contributed by atoms with van der Waals surface area (Å²) < 4.78 is 9.19. The Morgan fingerprint density at radius 3 is 0.737 bits per heavy atom. The van der Waals surface area contributed by atoms with Crippen LogP contribution in [0.2, 0.25) is 0 Å². The lowest BCUT2D eigenvalue weighted by Crippen LogP contribution is -1.99. The van der Waals surface area contributed by atoms with Crippen molar-refractivity contribution in [2.75, 3.05) is 14.2 Å². The topological polar surface area (TPSA) is 127 Å². The molecule has 0 fully saturated rings. The first-order valence-electron chi connectivity index (χ1n) is 14.9. The van der Waals surface area contributed by atoms with Gasteiger partial charge in [0.15, 0.2) is 0 Å². The Hall–Kier alpha value is -2.12. The third-order valence-corrected chi connectivity index (χ3v) is 6.50. The van der Waals surface area contributed by atoms with Crippen LogP contribution >= 0.6 is 0 Å². The van der Waals surface area contributed by atoms with Crippen molar-refractivity contribution in [3.8, 4) is 0 Å². The van der Waals surface area contributed by atoms with Crippen LogP contribution in [0, 0.1) is 0 Å². The van der Waals surface area contributed by atoms with Gasteiger partial charge < -0.3 is 19.7 Å². The van der Waals surface area contributed by atoms with Crippen molar-refractivity contribution >= 4 is 23.9 Å². The second kappa shape index (κ2) is 31.1. The Labute approximate surface area is 231 Å². The molecule has 0 aliphatic carbocycles. The van der Waals surface area contributed by atoms with E-state index in [9.17, 15) is 19.2 Å². The Bertz CT molecular complexity index is 527. The SMILES string of the molecule is COC(=O)CCCCCCCCCCCCC(=O)OC.O=C(O)CCCCCCCCCCCCC(=O)O. The highest BCUT2D eigenvalue weighted by atomic mass is 16.5. The van der Waals surface area contributed by atoms with Crippen molar-refractivity contribution in [2.45, 2.75) is 154 Å². The molecule has 0 spiro atoms. The molecule has 0 aliphatic rings. The van der Waals surface area contributed by atoms with Gasteiger partial charge in [0.2, 0.25) is 0 Å². The summed E-state index contributed by atoms with van der Waals surface area (Å²) in [5, 5.41) is 16.9. The fourth-order valence-corrected chi connectivity index (χ4v) is 4.12. The van der Waals surface area contributed by atoms with Crippen LogP contribution in [0.5, 0.6) is 0 Å². The van der Waals surface area contributed by atoms with E-state index in [1.807, 2.05) is 0 Å². The molecule has 2 N–H and O–H groups in total. The van der Waals surface area contributed by atoms with Crippen molar-refractivity contribution in [3.05, 3.63) is 0 Å². The van der Waals surface area contributed by atoms with E-state index in [4.69, 9.17) is 10.2 Å². The number of carbonyl (C=O) groups excluding carboxylic acids is 2. The van der Waals surface area contributed by atoms with Gasteiger partial charge in [0.25, 0.3) is 0 Å². The maximum atomic E-state index is 10.9. The van der Waals surface area contributed by atoms with Crippen LogP contribution in [0.1, 0.15) is 154 Å². The lowest BCUT2D eigenvalue weighted by Gasteiger charge is -2.02. The maximum Gasteiger partial charge on any atom is 0.305 e. The quantitative estimate of drug-likeness (QED) is 0.0832. The maximum absolute atomic E-state index is 10.9. The molecule has 0 amide bonds. The highest BCUT2D eigenvalue weighted by Crippen LogP contribution is 2.13. The number of ether oxygens (including phenoxy) is 2. The zero-order chi connectivity index (χ0) is 28.7. The molecule has 0 radical (unpaired) electrons. The molecular formula is C30H56O8. The Kier molecular flexibility index (Phi) is 31.1. The van der Waals surface area contributed by atoms with Gasteiger partial charge in [-0.25, -0.2) is 0 Å². The molecule has 0 rings (SSSR count). The van der Waals surface area contributed by atoms with Gasteiger partial charge in [0.1, 0.15) is 0 Å². The molecule has 0 atom stereocenters. The highest BCUT2D eigenvalue weighted by molar-refractivity contribution is 5.69. The van der Waals surface area contributed by atoms with Crippen LogP contribution in [0.15, 0.2) is 0 Å². The molecule has 0 aromatic heterocycles. The Morgan fingerprint density at radius 1 is 0.368 bits per heavy atom. The molecule has 0 unspecified atom stereocenters. The molecule has 38 heavy (non-hydrogen) atoms. The lowest BCUT2D eigenvalue weighted by atomic mass is 10.1. The molecule has 0 aliphatic heterocycles. The summed E-state index contributed by atoms with van der Waals surface area (Å²) in [5.41, 5.74) is 0. The number of carbonyl (C=O) groups is 4. The number of aliphatic carboxylic acids is 2.